The van der Waals surface area contributed by atoms with Crippen molar-refractivity contribution >= 4 is 17.5 Å². The Morgan fingerprint density at radius 3 is 2.29 bits per heavy atom. The highest BCUT2D eigenvalue weighted by atomic mass is 16.5. The highest BCUT2D eigenvalue weighted by Crippen LogP contribution is 2.11. The molecular weight excluding hydrogens is 306 g/mol. The second kappa shape index (κ2) is 8.57. The van der Waals surface area contributed by atoms with Gasteiger partial charge >= 0.3 is 0 Å². The van der Waals surface area contributed by atoms with Crippen molar-refractivity contribution in [3.8, 4) is 5.75 Å². The van der Waals surface area contributed by atoms with Crippen molar-refractivity contribution in [3.05, 3.63) is 59.7 Å². The largest absolute Gasteiger partial charge is 0.497 e. The average molecular weight is 327 g/mol. The highest BCUT2D eigenvalue weighted by Gasteiger charge is 2.03. The summed E-state index contributed by atoms with van der Waals surface area (Å²) in [4.78, 5) is 22.8. The SMILES string of the molecule is COc1ccc(CCNC(=O)CNc2ccc(C(N)=O)cc2)cc1. The van der Waals surface area contributed by atoms with E-state index < -0.39 is 5.91 Å². The Morgan fingerprint density at radius 2 is 1.71 bits per heavy atom. The second-order valence-corrected chi connectivity index (χ2v) is 5.24. The van der Waals surface area contributed by atoms with Gasteiger partial charge in [0.2, 0.25) is 11.8 Å². The fourth-order valence-corrected chi connectivity index (χ4v) is 2.14. The van der Waals surface area contributed by atoms with Gasteiger partial charge in [-0.3, -0.25) is 9.59 Å². The molecule has 6 heteroatoms. The molecule has 0 fully saturated rings. The molecule has 0 radical (unpaired) electrons. The summed E-state index contributed by atoms with van der Waals surface area (Å²) in [6, 6.07) is 14.4. The maximum Gasteiger partial charge on any atom is 0.248 e. The number of anilines is 1. The first-order valence-corrected chi connectivity index (χ1v) is 7.62. The number of rotatable bonds is 8. The fourth-order valence-electron chi connectivity index (χ4n) is 2.14. The predicted molar refractivity (Wildman–Crippen MR) is 93.2 cm³/mol. The maximum atomic E-state index is 11.8. The lowest BCUT2D eigenvalue weighted by Gasteiger charge is -2.08. The molecule has 126 valence electrons. The van der Waals surface area contributed by atoms with E-state index in [9.17, 15) is 9.59 Å². The van der Waals surface area contributed by atoms with E-state index in [0.717, 1.165) is 23.4 Å². The number of carbonyl (C=O) groups excluding carboxylic acids is 2. The summed E-state index contributed by atoms with van der Waals surface area (Å²) in [6.45, 7) is 0.728. The van der Waals surface area contributed by atoms with Crippen LogP contribution in [0.2, 0.25) is 0 Å². The van der Waals surface area contributed by atoms with Crippen LogP contribution < -0.4 is 21.1 Å². The molecule has 0 atom stereocenters. The van der Waals surface area contributed by atoms with Crippen LogP contribution in [0.1, 0.15) is 15.9 Å². The molecule has 2 rings (SSSR count). The number of nitrogens with one attached hydrogen (secondary N) is 2. The number of benzene rings is 2. The zero-order valence-corrected chi connectivity index (χ0v) is 13.5. The first-order valence-electron chi connectivity index (χ1n) is 7.62. The number of hydrogen-bond donors (Lipinski definition) is 3. The first kappa shape index (κ1) is 17.3. The molecule has 0 aliphatic heterocycles. The van der Waals surface area contributed by atoms with Crippen LogP contribution in [0.25, 0.3) is 0 Å². The summed E-state index contributed by atoms with van der Waals surface area (Å²) in [7, 11) is 1.63. The molecule has 0 unspecified atom stereocenters. The molecule has 6 nitrogen and oxygen atoms in total. The second-order valence-electron chi connectivity index (χ2n) is 5.24. The van der Waals surface area contributed by atoms with Crippen molar-refractivity contribution in [3.63, 3.8) is 0 Å². The van der Waals surface area contributed by atoms with Crippen LogP contribution in [-0.4, -0.2) is 32.0 Å². The Morgan fingerprint density at radius 1 is 1.04 bits per heavy atom. The Kier molecular flexibility index (Phi) is 6.19. The van der Waals surface area contributed by atoms with Gasteiger partial charge in [-0.25, -0.2) is 0 Å². The molecule has 0 spiro atoms. The fraction of sp³-hybridized carbons (Fsp3) is 0.222. The molecule has 2 amide bonds. The number of nitrogens with two attached hydrogens (primary N) is 1. The van der Waals surface area contributed by atoms with Gasteiger partial charge in [0.05, 0.1) is 13.7 Å². The topological polar surface area (TPSA) is 93.4 Å². The quantitative estimate of drug-likeness (QED) is 0.686. The van der Waals surface area contributed by atoms with Crippen molar-refractivity contribution in [1.29, 1.82) is 0 Å². The van der Waals surface area contributed by atoms with Crippen LogP contribution >= 0.6 is 0 Å². The van der Waals surface area contributed by atoms with Crippen molar-refractivity contribution < 1.29 is 14.3 Å². The third-order valence-electron chi connectivity index (χ3n) is 3.52. The van der Waals surface area contributed by atoms with E-state index in [4.69, 9.17) is 10.5 Å². The average Bonchev–Trinajstić information content (AvgIpc) is 2.61. The molecule has 0 heterocycles. The van der Waals surface area contributed by atoms with Crippen LogP contribution in [0.5, 0.6) is 5.75 Å². The molecule has 0 bridgehead atoms. The van der Waals surface area contributed by atoms with Gasteiger partial charge in [-0.2, -0.15) is 0 Å². The minimum Gasteiger partial charge on any atom is -0.497 e. The molecule has 4 N–H and O–H groups in total. The minimum atomic E-state index is -0.474. The monoisotopic (exact) mass is 327 g/mol. The summed E-state index contributed by atoms with van der Waals surface area (Å²) in [5.74, 6) is 0.245. The van der Waals surface area contributed by atoms with Gasteiger partial charge in [-0.05, 0) is 48.4 Å². The smallest absolute Gasteiger partial charge is 0.248 e. The molecule has 2 aromatic rings. The molecule has 0 aromatic heterocycles. The minimum absolute atomic E-state index is 0.0949. The van der Waals surface area contributed by atoms with Gasteiger partial charge < -0.3 is 21.1 Å². The van der Waals surface area contributed by atoms with Crippen molar-refractivity contribution in [2.45, 2.75) is 6.42 Å². The molecule has 0 saturated carbocycles. The van der Waals surface area contributed by atoms with Gasteiger partial charge in [0.15, 0.2) is 0 Å². The lowest BCUT2D eigenvalue weighted by atomic mass is 10.1. The van der Waals surface area contributed by atoms with E-state index in [2.05, 4.69) is 10.6 Å². The van der Waals surface area contributed by atoms with Gasteiger partial charge in [-0.1, -0.05) is 12.1 Å². The predicted octanol–water partition coefficient (Wildman–Crippen LogP) is 1.56. The Bertz CT molecular complexity index is 682. The molecule has 0 aliphatic carbocycles. The van der Waals surface area contributed by atoms with Crippen molar-refractivity contribution in [1.82, 2.24) is 5.32 Å². The van der Waals surface area contributed by atoms with Crippen LogP contribution in [0, 0.1) is 0 Å². The zero-order valence-electron chi connectivity index (χ0n) is 13.5. The first-order chi connectivity index (χ1) is 11.6. The lowest BCUT2D eigenvalue weighted by molar-refractivity contribution is -0.119. The van der Waals surface area contributed by atoms with Crippen molar-refractivity contribution in [2.75, 3.05) is 25.5 Å². The Hall–Kier alpha value is -3.02. The Balaban J connectivity index is 1.70. The molecule has 24 heavy (non-hydrogen) atoms. The summed E-state index contributed by atoms with van der Waals surface area (Å²) in [5.41, 5.74) is 7.49. The van der Waals surface area contributed by atoms with E-state index in [-0.39, 0.29) is 12.5 Å². The number of amides is 2. The van der Waals surface area contributed by atoms with Gasteiger partial charge in [-0.15, -0.1) is 0 Å². The third kappa shape index (κ3) is 5.31. The molecular formula is C18H21N3O3. The van der Waals surface area contributed by atoms with Crippen LogP contribution in [0.4, 0.5) is 5.69 Å². The number of ether oxygens (including phenoxy) is 1. The van der Waals surface area contributed by atoms with Crippen LogP contribution in [0.3, 0.4) is 0 Å². The van der Waals surface area contributed by atoms with E-state index in [1.54, 1.807) is 31.4 Å². The summed E-state index contributed by atoms with van der Waals surface area (Å²) >= 11 is 0. The van der Waals surface area contributed by atoms with Gasteiger partial charge in [0.1, 0.15) is 5.75 Å². The van der Waals surface area contributed by atoms with Crippen LogP contribution in [0.15, 0.2) is 48.5 Å². The normalized spacial score (nSPS) is 10.0. The molecule has 2 aromatic carbocycles. The van der Waals surface area contributed by atoms with E-state index in [0.29, 0.717) is 12.1 Å². The van der Waals surface area contributed by atoms with Crippen molar-refractivity contribution in [2.24, 2.45) is 5.73 Å². The maximum absolute atomic E-state index is 11.8. The van der Waals surface area contributed by atoms with E-state index in [1.165, 1.54) is 0 Å². The third-order valence-corrected chi connectivity index (χ3v) is 3.52. The molecule has 0 aliphatic rings. The highest BCUT2D eigenvalue weighted by molar-refractivity contribution is 5.93. The standard InChI is InChI=1S/C18H21N3O3/c1-24-16-8-2-13(3-9-16)10-11-20-17(22)12-21-15-6-4-14(5-7-15)18(19)23/h2-9,21H,10-12H2,1H3,(H2,19,23)(H,20,22). The van der Waals surface area contributed by atoms with E-state index >= 15 is 0 Å². The Labute approximate surface area is 141 Å². The summed E-state index contributed by atoms with van der Waals surface area (Å²) < 4.78 is 5.10. The number of methoxy groups -OCH3 is 1. The van der Waals surface area contributed by atoms with Crippen LogP contribution in [-0.2, 0) is 11.2 Å². The van der Waals surface area contributed by atoms with E-state index in [1.807, 2.05) is 24.3 Å². The number of primary amides is 1. The van der Waals surface area contributed by atoms with Gasteiger partial charge in [0, 0.05) is 17.8 Å². The number of hydrogen-bond acceptors (Lipinski definition) is 4. The summed E-state index contributed by atoms with van der Waals surface area (Å²) in [6.07, 6.45) is 0.753. The lowest BCUT2D eigenvalue weighted by Crippen LogP contribution is -2.31. The van der Waals surface area contributed by atoms with Gasteiger partial charge in [0.25, 0.3) is 0 Å². The zero-order chi connectivity index (χ0) is 17.4. The molecule has 0 saturated heterocycles. The number of carbonyl (C=O) groups is 2. The summed E-state index contributed by atoms with van der Waals surface area (Å²) in [5, 5.41) is 5.85.